The highest BCUT2D eigenvalue weighted by molar-refractivity contribution is 5.92. The standard InChI is InChI=1S/3C30H48O3/c3*1-4-5-6-7-8-9-10-11-12-28(32)33-27-16-15-25-24-14-13-22-21-23(31)17-19-29(22,2)26(24)18-20-30(25,27)3/h3*21,24-27H,4-20H2,1-3H3/t2*24?,25?,26?,27-,29-,30-;24-,25-,26-,27-,29-,30-/m000/s1. The third-order valence-corrected chi connectivity index (χ3v) is 31.1. The Balaban J connectivity index is 0.000000161. The molecule has 12 rings (SSSR count). The number of carbonyl (C=O) groups is 6. The maximum atomic E-state index is 12.7. The van der Waals surface area contributed by atoms with E-state index in [9.17, 15) is 28.8 Å². The normalized spacial score (nSPS) is 37.7. The van der Waals surface area contributed by atoms with Crippen molar-refractivity contribution in [1.82, 2.24) is 0 Å². The SMILES string of the molecule is CCCCCCCCCCC(=O)O[C@H]1CCC2C3CCC4=CC(=O)CC[C@]4(C)C3CC[C@@]21C.CCCCCCCCCCC(=O)O[C@H]1CCC2C3CCC4=CC(=O)CC[C@]4(C)C3CC[C@@]21C.CCCCCCCCCCC(=O)O[C@H]1CC[C@H]2[C@@H]3CCC4=CC(=O)CC[C@]4(C)[C@H]3CC[C@]12C. The average Bonchev–Trinajstić information content (AvgIpc) is 1.72. The number of unbranched alkanes of at least 4 members (excludes halogenated alkanes) is 21. The molecule has 0 aromatic carbocycles. The molecular weight excluding hydrogens is 1220 g/mol. The molecule has 0 aromatic rings. The predicted octanol–water partition coefficient (Wildman–Crippen LogP) is 23.9. The van der Waals surface area contributed by atoms with Crippen molar-refractivity contribution in [1.29, 1.82) is 0 Å². The van der Waals surface area contributed by atoms with Crippen molar-refractivity contribution in [2.75, 3.05) is 0 Å². The largest absolute Gasteiger partial charge is 0.462 e. The van der Waals surface area contributed by atoms with Crippen molar-refractivity contribution >= 4 is 35.3 Å². The number of ketones is 3. The summed E-state index contributed by atoms with van der Waals surface area (Å²) in [5.41, 5.74) is 5.45. The molecule has 0 N–H and O–H groups in total. The van der Waals surface area contributed by atoms with E-state index in [-0.39, 0.29) is 68.7 Å². The molecule has 18 atom stereocenters. The first kappa shape index (κ1) is 78.2. The van der Waals surface area contributed by atoms with E-state index in [2.05, 4.69) is 62.3 Å². The zero-order valence-corrected chi connectivity index (χ0v) is 64.9. The van der Waals surface area contributed by atoms with E-state index in [4.69, 9.17) is 14.2 Å². The minimum Gasteiger partial charge on any atom is -0.462 e. The summed E-state index contributed by atoms with van der Waals surface area (Å²) in [5.74, 6) is 7.48. The molecular formula is C90H144O9. The highest BCUT2D eigenvalue weighted by Gasteiger charge is 2.63. The van der Waals surface area contributed by atoms with E-state index in [1.165, 1.54) is 209 Å². The Morgan fingerprint density at radius 2 is 0.545 bits per heavy atom. The van der Waals surface area contributed by atoms with Crippen molar-refractivity contribution in [3.8, 4) is 0 Å². The van der Waals surface area contributed by atoms with Gasteiger partial charge in [0.05, 0.1) is 0 Å². The molecule has 558 valence electrons. The van der Waals surface area contributed by atoms with E-state index in [1.54, 1.807) is 0 Å². The number of ether oxygens (including phenoxy) is 3. The van der Waals surface area contributed by atoms with Crippen LogP contribution >= 0.6 is 0 Å². The third-order valence-electron chi connectivity index (χ3n) is 31.1. The smallest absolute Gasteiger partial charge is 0.306 e. The second-order valence-electron chi connectivity index (χ2n) is 36.9. The van der Waals surface area contributed by atoms with Gasteiger partial charge in [0.15, 0.2) is 17.3 Å². The first-order valence-electron chi connectivity index (χ1n) is 42.9. The molecule has 0 aliphatic heterocycles. The van der Waals surface area contributed by atoms with Crippen molar-refractivity contribution < 1.29 is 43.0 Å². The first-order chi connectivity index (χ1) is 47.6. The van der Waals surface area contributed by atoms with E-state index >= 15 is 0 Å². The number of hydrogen-bond donors (Lipinski definition) is 0. The van der Waals surface area contributed by atoms with Gasteiger partial charge in [0.25, 0.3) is 0 Å². The Hall–Kier alpha value is -3.36. The fourth-order valence-electron chi connectivity index (χ4n) is 25.0. The van der Waals surface area contributed by atoms with E-state index < -0.39 is 0 Å². The van der Waals surface area contributed by atoms with Gasteiger partial charge in [0.1, 0.15) is 18.3 Å². The molecule has 6 unspecified atom stereocenters. The van der Waals surface area contributed by atoms with Crippen LogP contribution in [-0.4, -0.2) is 53.6 Å². The molecule has 0 heterocycles. The van der Waals surface area contributed by atoms with Gasteiger partial charge < -0.3 is 14.2 Å². The van der Waals surface area contributed by atoms with Crippen LogP contribution in [-0.2, 0) is 43.0 Å². The molecule has 0 aromatic heterocycles. The molecule has 12 aliphatic carbocycles. The zero-order valence-electron chi connectivity index (χ0n) is 64.9. The summed E-state index contributed by atoms with van der Waals surface area (Å²) in [6, 6.07) is 0. The number of fused-ring (bicyclic) bond motifs is 15. The molecule has 12 aliphatic rings. The Morgan fingerprint density at radius 3 is 0.798 bits per heavy atom. The topological polar surface area (TPSA) is 130 Å². The fraction of sp³-hybridized carbons (Fsp3) is 0.867. The zero-order chi connectivity index (χ0) is 70.4. The lowest BCUT2D eigenvalue weighted by Gasteiger charge is -2.57. The van der Waals surface area contributed by atoms with Crippen LogP contribution in [0.5, 0.6) is 0 Å². The fourth-order valence-corrected chi connectivity index (χ4v) is 25.0. The van der Waals surface area contributed by atoms with Gasteiger partial charge >= 0.3 is 17.9 Å². The maximum Gasteiger partial charge on any atom is 0.306 e. The number of rotatable bonds is 30. The summed E-state index contributed by atoms with van der Waals surface area (Å²) in [6.45, 7) is 21.4. The highest BCUT2D eigenvalue weighted by Crippen LogP contribution is 2.69. The van der Waals surface area contributed by atoms with E-state index in [0.29, 0.717) is 72.1 Å². The van der Waals surface area contributed by atoms with Crippen LogP contribution < -0.4 is 0 Å². The molecule has 0 spiro atoms. The minimum atomic E-state index is 0.0431. The van der Waals surface area contributed by atoms with Crippen LogP contribution in [0.15, 0.2) is 34.9 Å². The van der Waals surface area contributed by atoms with Gasteiger partial charge in [-0.3, -0.25) is 28.8 Å². The van der Waals surface area contributed by atoms with Gasteiger partial charge in [-0.1, -0.05) is 214 Å². The number of hydrogen-bond acceptors (Lipinski definition) is 9. The lowest BCUT2D eigenvalue weighted by molar-refractivity contribution is -0.160. The van der Waals surface area contributed by atoms with Crippen LogP contribution in [0.4, 0.5) is 0 Å². The number of carbonyl (C=O) groups excluding carboxylic acids is 6. The Kier molecular flexibility index (Phi) is 28.1. The maximum absolute atomic E-state index is 12.7. The molecule has 9 fully saturated rings. The molecule has 9 heteroatoms. The molecule has 9 saturated carbocycles. The van der Waals surface area contributed by atoms with Gasteiger partial charge in [0.2, 0.25) is 0 Å². The first-order valence-corrected chi connectivity index (χ1v) is 42.9. The molecule has 99 heavy (non-hydrogen) atoms. The van der Waals surface area contributed by atoms with Crippen molar-refractivity contribution in [2.45, 2.75) is 408 Å². The minimum absolute atomic E-state index is 0.0431. The van der Waals surface area contributed by atoms with Gasteiger partial charge in [-0.15, -0.1) is 0 Å². The van der Waals surface area contributed by atoms with E-state index in [1.807, 2.05) is 18.2 Å². The van der Waals surface area contributed by atoms with Gasteiger partial charge in [-0.25, -0.2) is 0 Å². The Labute approximate surface area is 603 Å². The predicted molar refractivity (Wildman–Crippen MR) is 401 cm³/mol. The summed E-state index contributed by atoms with van der Waals surface area (Å²) in [4.78, 5) is 74.2. The van der Waals surface area contributed by atoms with Gasteiger partial charge in [-0.2, -0.15) is 0 Å². The quantitative estimate of drug-likeness (QED) is 0.0392. The molecule has 9 nitrogen and oxygen atoms in total. The Morgan fingerprint density at radius 1 is 0.303 bits per heavy atom. The second-order valence-corrected chi connectivity index (χ2v) is 36.9. The molecule has 0 amide bonds. The van der Waals surface area contributed by atoms with E-state index in [0.717, 1.165) is 133 Å². The lowest BCUT2D eigenvalue weighted by Crippen LogP contribution is -2.51. The molecule has 0 radical (unpaired) electrons. The van der Waals surface area contributed by atoms with Gasteiger partial charge in [0, 0.05) is 54.8 Å². The summed E-state index contributed by atoms with van der Waals surface area (Å²) in [6.07, 6.45) is 64.5. The van der Waals surface area contributed by atoms with Crippen LogP contribution in [0.3, 0.4) is 0 Å². The van der Waals surface area contributed by atoms with Crippen molar-refractivity contribution in [3.63, 3.8) is 0 Å². The summed E-state index contributed by atoms with van der Waals surface area (Å²) < 4.78 is 18.5. The highest BCUT2D eigenvalue weighted by atomic mass is 16.6. The van der Waals surface area contributed by atoms with Crippen molar-refractivity contribution in [3.05, 3.63) is 34.9 Å². The van der Waals surface area contributed by atoms with Crippen molar-refractivity contribution in [2.24, 2.45) is 85.8 Å². The molecule has 0 saturated heterocycles. The van der Waals surface area contributed by atoms with Crippen LogP contribution in [0.25, 0.3) is 0 Å². The third kappa shape index (κ3) is 18.0. The Bertz CT molecular complexity index is 2510. The van der Waals surface area contributed by atoms with Crippen LogP contribution in [0.1, 0.15) is 390 Å². The van der Waals surface area contributed by atoms with Crippen LogP contribution in [0, 0.1) is 85.8 Å². The summed E-state index contributed by atoms with van der Waals surface area (Å²) >= 11 is 0. The number of esters is 3. The number of allylic oxidation sites excluding steroid dienone is 3. The van der Waals surface area contributed by atoms with Gasteiger partial charge in [-0.05, 0) is 242 Å². The average molecular weight is 1370 g/mol. The monoisotopic (exact) mass is 1370 g/mol. The summed E-state index contributed by atoms with van der Waals surface area (Å²) in [5, 5.41) is 0. The van der Waals surface area contributed by atoms with Crippen LogP contribution in [0.2, 0.25) is 0 Å². The lowest BCUT2D eigenvalue weighted by atomic mass is 9.47. The summed E-state index contributed by atoms with van der Waals surface area (Å²) in [7, 11) is 0. The second kappa shape index (κ2) is 35.6. The molecule has 0 bridgehead atoms.